The maximum Gasteiger partial charge on any atom is 0.302 e. The molecule has 5 atom stereocenters. The largest absolute Gasteiger partial charge is 0.466 e. The fourth-order valence-corrected chi connectivity index (χ4v) is 4.42. The van der Waals surface area contributed by atoms with Gasteiger partial charge in [-0.1, -0.05) is 44.0 Å². The van der Waals surface area contributed by atoms with Crippen LogP contribution in [0.3, 0.4) is 0 Å². The summed E-state index contributed by atoms with van der Waals surface area (Å²) in [6.07, 6.45) is 4.00. The van der Waals surface area contributed by atoms with E-state index >= 15 is 0 Å². The topological polar surface area (TPSA) is 76.0 Å². The molecular formula is C28H34O5. The molecular weight excluding hydrogens is 416 g/mol. The smallest absolute Gasteiger partial charge is 0.302 e. The summed E-state index contributed by atoms with van der Waals surface area (Å²) in [6.45, 7) is 9.57. The average molecular weight is 451 g/mol. The Morgan fingerprint density at radius 1 is 1.24 bits per heavy atom. The second kappa shape index (κ2) is 10.1. The van der Waals surface area contributed by atoms with Crippen molar-refractivity contribution in [1.29, 1.82) is 0 Å². The molecule has 0 amide bonds. The molecule has 0 spiro atoms. The van der Waals surface area contributed by atoms with E-state index in [1.807, 2.05) is 45.0 Å². The zero-order valence-corrected chi connectivity index (χ0v) is 20.1. The monoisotopic (exact) mass is 450 g/mol. The summed E-state index contributed by atoms with van der Waals surface area (Å²) >= 11 is 0. The SMILES string of the molecule is C#Cc1ccc(Cc2cc3c(cc2C)CO[C@@]3(C)[C@H](O)[C@@H](O)[C@H](C)[C@H](C)COC(C)=O)cc1. The van der Waals surface area contributed by atoms with E-state index in [-0.39, 0.29) is 24.4 Å². The Kier molecular flexibility index (Phi) is 7.64. The molecule has 1 aliphatic rings. The van der Waals surface area contributed by atoms with Gasteiger partial charge in [-0.25, -0.2) is 0 Å². The Hall–Kier alpha value is -2.65. The Labute approximate surface area is 196 Å². The number of aryl methyl sites for hydroxylation is 1. The van der Waals surface area contributed by atoms with Crippen LogP contribution >= 0.6 is 0 Å². The van der Waals surface area contributed by atoms with Crippen LogP contribution in [0.15, 0.2) is 36.4 Å². The molecule has 33 heavy (non-hydrogen) atoms. The van der Waals surface area contributed by atoms with Crippen LogP contribution in [0.2, 0.25) is 0 Å². The van der Waals surface area contributed by atoms with E-state index in [9.17, 15) is 15.0 Å². The maximum atomic E-state index is 11.2. The van der Waals surface area contributed by atoms with Crippen LogP contribution in [0.5, 0.6) is 0 Å². The lowest BCUT2D eigenvalue weighted by Crippen LogP contribution is -2.48. The zero-order chi connectivity index (χ0) is 24.3. The van der Waals surface area contributed by atoms with E-state index in [1.54, 1.807) is 0 Å². The number of aliphatic hydroxyl groups excluding tert-OH is 2. The number of terminal acetylenes is 1. The zero-order valence-electron chi connectivity index (χ0n) is 20.1. The number of fused-ring (bicyclic) bond motifs is 1. The van der Waals surface area contributed by atoms with Crippen molar-refractivity contribution in [1.82, 2.24) is 0 Å². The van der Waals surface area contributed by atoms with E-state index in [0.29, 0.717) is 6.61 Å². The van der Waals surface area contributed by atoms with Crippen LogP contribution in [0, 0.1) is 31.1 Å². The lowest BCUT2D eigenvalue weighted by Gasteiger charge is -2.37. The third-order valence-corrected chi connectivity index (χ3v) is 7.01. The molecule has 5 heteroatoms. The second-order valence-corrected chi connectivity index (χ2v) is 9.42. The molecule has 2 aromatic carbocycles. The van der Waals surface area contributed by atoms with Gasteiger partial charge in [-0.05, 0) is 72.1 Å². The summed E-state index contributed by atoms with van der Waals surface area (Å²) in [5, 5.41) is 22.2. The van der Waals surface area contributed by atoms with Crippen molar-refractivity contribution in [2.24, 2.45) is 11.8 Å². The molecule has 0 fully saturated rings. The summed E-state index contributed by atoms with van der Waals surface area (Å²) < 4.78 is 11.2. The van der Waals surface area contributed by atoms with Gasteiger partial charge >= 0.3 is 5.97 Å². The van der Waals surface area contributed by atoms with Crippen LogP contribution in [0.4, 0.5) is 0 Å². The molecule has 0 saturated heterocycles. The molecule has 5 nitrogen and oxygen atoms in total. The summed E-state index contributed by atoms with van der Waals surface area (Å²) in [6, 6.07) is 12.1. The molecule has 1 heterocycles. The first-order chi connectivity index (χ1) is 15.6. The average Bonchev–Trinajstić information content (AvgIpc) is 3.13. The normalized spacial score (nSPS) is 20.9. The van der Waals surface area contributed by atoms with Crippen molar-refractivity contribution in [3.05, 3.63) is 69.8 Å². The minimum Gasteiger partial charge on any atom is -0.466 e. The van der Waals surface area contributed by atoms with Crippen LogP contribution in [0.25, 0.3) is 0 Å². The van der Waals surface area contributed by atoms with Crippen LogP contribution in [-0.2, 0) is 32.9 Å². The number of rotatable bonds is 8. The van der Waals surface area contributed by atoms with Gasteiger partial charge in [-0.3, -0.25) is 4.79 Å². The fourth-order valence-electron chi connectivity index (χ4n) is 4.42. The first kappa shape index (κ1) is 25.0. The Balaban J connectivity index is 1.83. The fraction of sp³-hybridized carbons (Fsp3) is 0.464. The van der Waals surface area contributed by atoms with Gasteiger partial charge in [0.25, 0.3) is 0 Å². The highest BCUT2D eigenvalue weighted by molar-refractivity contribution is 5.65. The minimum absolute atomic E-state index is 0.123. The Morgan fingerprint density at radius 3 is 2.52 bits per heavy atom. The third-order valence-electron chi connectivity index (χ3n) is 7.01. The molecule has 0 bridgehead atoms. The number of carbonyl (C=O) groups is 1. The molecule has 176 valence electrons. The van der Waals surface area contributed by atoms with Crippen molar-refractivity contribution in [2.45, 2.75) is 65.5 Å². The van der Waals surface area contributed by atoms with E-state index in [1.165, 1.54) is 6.92 Å². The van der Waals surface area contributed by atoms with Crippen molar-refractivity contribution in [2.75, 3.05) is 6.61 Å². The molecule has 3 rings (SSSR count). The van der Waals surface area contributed by atoms with E-state index in [4.69, 9.17) is 15.9 Å². The highest BCUT2D eigenvalue weighted by Crippen LogP contribution is 2.42. The lowest BCUT2D eigenvalue weighted by molar-refractivity contribution is -0.165. The Bertz CT molecular complexity index is 1040. The second-order valence-electron chi connectivity index (χ2n) is 9.42. The van der Waals surface area contributed by atoms with E-state index < -0.39 is 17.8 Å². The maximum absolute atomic E-state index is 11.2. The number of carbonyl (C=O) groups excluding carboxylic acids is 1. The van der Waals surface area contributed by atoms with Crippen LogP contribution in [0.1, 0.15) is 61.1 Å². The van der Waals surface area contributed by atoms with Crippen molar-refractivity contribution in [3.8, 4) is 12.3 Å². The predicted octanol–water partition coefficient (Wildman–Crippen LogP) is 3.87. The van der Waals surface area contributed by atoms with Gasteiger partial charge in [0.1, 0.15) is 11.7 Å². The number of esters is 1. The highest BCUT2D eigenvalue weighted by Gasteiger charge is 2.47. The standard InChI is InChI=1S/C28H34O5/c1-7-21-8-10-22(11-9-21)13-23-14-25-24(12-17(23)2)16-33-28(25,6)27(31)26(30)19(4)18(3)15-32-20(5)29/h1,8-12,14,18-19,26-27,30-31H,13,15-16H2,2-6H3/t18-,19-,26+,27-,28-/m1/s1. The highest BCUT2D eigenvalue weighted by atomic mass is 16.5. The van der Waals surface area contributed by atoms with Gasteiger partial charge in [0.05, 0.1) is 19.3 Å². The van der Waals surface area contributed by atoms with Crippen LogP contribution in [-0.4, -0.2) is 35.0 Å². The molecule has 0 radical (unpaired) electrons. The van der Waals surface area contributed by atoms with Crippen molar-refractivity contribution >= 4 is 5.97 Å². The first-order valence-electron chi connectivity index (χ1n) is 11.4. The molecule has 0 aliphatic carbocycles. The van der Waals surface area contributed by atoms with E-state index in [0.717, 1.165) is 39.8 Å². The van der Waals surface area contributed by atoms with Gasteiger partial charge < -0.3 is 19.7 Å². The van der Waals surface area contributed by atoms with Crippen molar-refractivity contribution < 1.29 is 24.5 Å². The van der Waals surface area contributed by atoms with Gasteiger partial charge in [-0.15, -0.1) is 6.42 Å². The summed E-state index contributed by atoms with van der Waals surface area (Å²) in [7, 11) is 0. The van der Waals surface area contributed by atoms with Gasteiger partial charge in [0.2, 0.25) is 0 Å². The summed E-state index contributed by atoms with van der Waals surface area (Å²) in [5.41, 5.74) is 5.16. The van der Waals surface area contributed by atoms with Crippen LogP contribution < -0.4 is 0 Å². The van der Waals surface area contributed by atoms with Gasteiger partial charge in [0.15, 0.2) is 0 Å². The quantitative estimate of drug-likeness (QED) is 0.472. The first-order valence-corrected chi connectivity index (χ1v) is 11.4. The molecule has 0 saturated carbocycles. The molecule has 1 aliphatic heterocycles. The predicted molar refractivity (Wildman–Crippen MR) is 127 cm³/mol. The van der Waals surface area contributed by atoms with E-state index in [2.05, 4.69) is 25.0 Å². The summed E-state index contributed by atoms with van der Waals surface area (Å²) in [5.74, 6) is 1.85. The Morgan fingerprint density at radius 2 is 1.91 bits per heavy atom. The molecule has 2 aromatic rings. The molecule has 0 unspecified atom stereocenters. The third kappa shape index (κ3) is 5.30. The minimum atomic E-state index is -1.14. The number of benzene rings is 2. The molecule has 2 N–H and O–H groups in total. The molecule has 0 aromatic heterocycles. The number of aliphatic hydroxyl groups is 2. The van der Waals surface area contributed by atoms with Gasteiger partial charge in [-0.2, -0.15) is 0 Å². The number of hydrogen-bond donors (Lipinski definition) is 2. The van der Waals surface area contributed by atoms with Gasteiger partial charge in [0, 0.05) is 12.5 Å². The summed E-state index contributed by atoms with van der Waals surface area (Å²) in [4.78, 5) is 11.1. The lowest BCUT2D eigenvalue weighted by atomic mass is 9.78. The number of ether oxygens (including phenoxy) is 2. The number of hydrogen-bond acceptors (Lipinski definition) is 5. The van der Waals surface area contributed by atoms with Crippen molar-refractivity contribution in [3.63, 3.8) is 0 Å².